The maximum atomic E-state index is 11.8. The Hall–Kier alpha value is -1.88. The predicted octanol–water partition coefficient (Wildman–Crippen LogP) is 2.03. The molecule has 1 unspecified atom stereocenters. The first kappa shape index (κ1) is 14.5. The van der Waals surface area contributed by atoms with Gasteiger partial charge in [0.25, 0.3) is 0 Å². The quantitative estimate of drug-likeness (QED) is 0.768. The fraction of sp³-hybridized carbons (Fsp3) is 0.467. The van der Waals surface area contributed by atoms with Crippen molar-refractivity contribution >= 4 is 23.2 Å². The van der Waals surface area contributed by atoms with Crippen LogP contribution in [-0.2, 0) is 16.0 Å². The van der Waals surface area contributed by atoms with Crippen molar-refractivity contribution in [2.24, 2.45) is 5.73 Å². The summed E-state index contributed by atoms with van der Waals surface area (Å²) >= 11 is 0. The number of nitrogens with one attached hydrogen (secondary N) is 2. The summed E-state index contributed by atoms with van der Waals surface area (Å²) < 4.78 is 0. The topological polar surface area (TPSA) is 84.2 Å². The van der Waals surface area contributed by atoms with Crippen molar-refractivity contribution in [1.82, 2.24) is 0 Å². The molecule has 1 atom stereocenters. The summed E-state index contributed by atoms with van der Waals surface area (Å²) in [5, 5.41) is 5.71. The summed E-state index contributed by atoms with van der Waals surface area (Å²) in [5.41, 5.74) is 8.35. The summed E-state index contributed by atoms with van der Waals surface area (Å²) in [4.78, 5) is 23.1. The van der Waals surface area contributed by atoms with E-state index in [1.807, 2.05) is 25.1 Å². The molecule has 0 aromatic heterocycles. The van der Waals surface area contributed by atoms with Crippen molar-refractivity contribution in [2.45, 2.75) is 45.1 Å². The summed E-state index contributed by atoms with van der Waals surface area (Å²) in [6, 6.07) is 5.71. The van der Waals surface area contributed by atoms with E-state index in [1.54, 1.807) is 0 Å². The Bertz CT molecular complexity index is 512. The minimum Gasteiger partial charge on any atom is -0.328 e. The number of amides is 2. The molecule has 108 valence electrons. The van der Waals surface area contributed by atoms with Gasteiger partial charge in [0.15, 0.2) is 0 Å². The molecule has 0 bridgehead atoms. The summed E-state index contributed by atoms with van der Waals surface area (Å²) in [6.07, 6.45) is 3.35. The van der Waals surface area contributed by atoms with Gasteiger partial charge in [-0.1, -0.05) is 0 Å². The van der Waals surface area contributed by atoms with Crippen LogP contribution in [0.5, 0.6) is 0 Å². The fourth-order valence-electron chi connectivity index (χ4n) is 2.27. The largest absolute Gasteiger partial charge is 0.328 e. The molecule has 1 heterocycles. The molecule has 1 aromatic carbocycles. The summed E-state index contributed by atoms with van der Waals surface area (Å²) in [5.74, 6) is 0.0515. The van der Waals surface area contributed by atoms with E-state index in [-0.39, 0.29) is 17.9 Å². The zero-order chi connectivity index (χ0) is 14.5. The van der Waals surface area contributed by atoms with Crippen LogP contribution in [0.25, 0.3) is 0 Å². The smallest absolute Gasteiger partial charge is 0.224 e. The number of benzene rings is 1. The van der Waals surface area contributed by atoms with Gasteiger partial charge < -0.3 is 16.4 Å². The van der Waals surface area contributed by atoms with Crippen LogP contribution in [0.3, 0.4) is 0 Å². The number of carbonyl (C=O) groups excluding carboxylic acids is 2. The van der Waals surface area contributed by atoms with Gasteiger partial charge in [0, 0.05) is 30.3 Å². The van der Waals surface area contributed by atoms with Crippen LogP contribution in [0.15, 0.2) is 18.2 Å². The molecule has 1 aliphatic rings. The van der Waals surface area contributed by atoms with Gasteiger partial charge >= 0.3 is 0 Å². The van der Waals surface area contributed by atoms with Crippen molar-refractivity contribution in [3.8, 4) is 0 Å². The molecule has 0 aliphatic carbocycles. The molecular formula is C15H21N3O2. The molecule has 2 amide bonds. The van der Waals surface area contributed by atoms with Crippen LogP contribution >= 0.6 is 0 Å². The summed E-state index contributed by atoms with van der Waals surface area (Å²) in [7, 11) is 0. The van der Waals surface area contributed by atoms with Crippen molar-refractivity contribution in [2.75, 3.05) is 10.6 Å². The Labute approximate surface area is 118 Å². The maximum absolute atomic E-state index is 11.8. The molecule has 20 heavy (non-hydrogen) atoms. The van der Waals surface area contributed by atoms with E-state index in [9.17, 15) is 9.59 Å². The van der Waals surface area contributed by atoms with Gasteiger partial charge in [0.2, 0.25) is 11.8 Å². The highest BCUT2D eigenvalue weighted by atomic mass is 16.2. The third-order valence-electron chi connectivity index (χ3n) is 3.35. The number of rotatable bonds is 5. The van der Waals surface area contributed by atoms with E-state index in [2.05, 4.69) is 10.6 Å². The number of nitrogens with two attached hydrogens (primary N) is 1. The van der Waals surface area contributed by atoms with E-state index >= 15 is 0 Å². The normalized spacial score (nSPS) is 15.2. The predicted molar refractivity (Wildman–Crippen MR) is 79.5 cm³/mol. The van der Waals surface area contributed by atoms with Gasteiger partial charge in [-0.25, -0.2) is 0 Å². The molecule has 5 heteroatoms. The van der Waals surface area contributed by atoms with Gasteiger partial charge in [-0.3, -0.25) is 9.59 Å². The molecule has 2 rings (SSSR count). The molecule has 0 saturated heterocycles. The second-order valence-electron chi connectivity index (χ2n) is 5.34. The first-order valence-corrected chi connectivity index (χ1v) is 7.03. The number of aryl methyl sites for hydroxylation is 1. The van der Waals surface area contributed by atoms with Crippen LogP contribution in [0.1, 0.15) is 38.2 Å². The first-order chi connectivity index (χ1) is 9.54. The van der Waals surface area contributed by atoms with E-state index in [0.717, 1.165) is 36.2 Å². The Balaban J connectivity index is 1.90. The first-order valence-electron chi connectivity index (χ1n) is 7.03. The second-order valence-corrected chi connectivity index (χ2v) is 5.34. The van der Waals surface area contributed by atoms with Crippen LogP contribution in [0, 0.1) is 0 Å². The summed E-state index contributed by atoms with van der Waals surface area (Å²) in [6.45, 7) is 1.94. The lowest BCUT2D eigenvalue weighted by Crippen LogP contribution is -2.19. The molecule has 1 aromatic rings. The monoisotopic (exact) mass is 275 g/mol. The van der Waals surface area contributed by atoms with E-state index in [0.29, 0.717) is 12.8 Å². The highest BCUT2D eigenvalue weighted by Crippen LogP contribution is 2.25. The van der Waals surface area contributed by atoms with Crippen molar-refractivity contribution in [3.05, 3.63) is 23.8 Å². The SMILES string of the molecule is CC(N)CCCC(=O)Nc1ccc2c(c1)CCC(=O)N2. The minimum atomic E-state index is 0.00504. The molecule has 1 aliphatic heterocycles. The number of anilines is 2. The van der Waals surface area contributed by atoms with Crippen LogP contribution < -0.4 is 16.4 Å². The molecular weight excluding hydrogens is 254 g/mol. The minimum absolute atomic E-state index is 0.00504. The Morgan fingerprint density at radius 2 is 2.25 bits per heavy atom. The highest BCUT2D eigenvalue weighted by molar-refractivity contribution is 5.95. The van der Waals surface area contributed by atoms with Crippen LogP contribution in [0.4, 0.5) is 11.4 Å². The fourth-order valence-corrected chi connectivity index (χ4v) is 2.27. The highest BCUT2D eigenvalue weighted by Gasteiger charge is 2.15. The van der Waals surface area contributed by atoms with Crippen molar-refractivity contribution in [1.29, 1.82) is 0 Å². The van der Waals surface area contributed by atoms with Gasteiger partial charge in [0.1, 0.15) is 0 Å². The number of hydrogen-bond donors (Lipinski definition) is 3. The van der Waals surface area contributed by atoms with E-state index in [1.165, 1.54) is 0 Å². The van der Waals surface area contributed by atoms with E-state index in [4.69, 9.17) is 5.73 Å². The number of hydrogen-bond acceptors (Lipinski definition) is 3. The average Bonchev–Trinajstić information content (AvgIpc) is 2.38. The zero-order valence-electron chi connectivity index (χ0n) is 11.7. The van der Waals surface area contributed by atoms with Gasteiger partial charge in [-0.2, -0.15) is 0 Å². The average molecular weight is 275 g/mol. The zero-order valence-corrected chi connectivity index (χ0v) is 11.7. The molecule has 5 nitrogen and oxygen atoms in total. The van der Waals surface area contributed by atoms with Gasteiger partial charge in [-0.05, 0) is 49.9 Å². The third-order valence-corrected chi connectivity index (χ3v) is 3.35. The molecule has 0 radical (unpaired) electrons. The molecule has 0 spiro atoms. The van der Waals surface area contributed by atoms with Crippen molar-refractivity contribution < 1.29 is 9.59 Å². The molecule has 0 saturated carbocycles. The van der Waals surface area contributed by atoms with Crippen LogP contribution in [0.2, 0.25) is 0 Å². The molecule has 4 N–H and O–H groups in total. The number of fused-ring (bicyclic) bond motifs is 1. The van der Waals surface area contributed by atoms with Gasteiger partial charge in [0.05, 0.1) is 0 Å². The van der Waals surface area contributed by atoms with Crippen molar-refractivity contribution in [3.63, 3.8) is 0 Å². The standard InChI is InChI=1S/C15H21N3O2/c1-10(16)3-2-4-14(19)17-12-6-7-13-11(9-12)5-8-15(20)18-13/h6-7,9-10H,2-5,8,16H2,1H3,(H,17,19)(H,18,20). The van der Waals surface area contributed by atoms with E-state index < -0.39 is 0 Å². The third kappa shape index (κ3) is 4.06. The Morgan fingerprint density at radius 3 is 3.00 bits per heavy atom. The Morgan fingerprint density at radius 1 is 1.45 bits per heavy atom. The van der Waals surface area contributed by atoms with Gasteiger partial charge in [-0.15, -0.1) is 0 Å². The number of carbonyl (C=O) groups is 2. The molecule has 0 fully saturated rings. The van der Waals surface area contributed by atoms with Crippen LogP contribution in [-0.4, -0.2) is 17.9 Å². The lowest BCUT2D eigenvalue weighted by Gasteiger charge is -2.17. The second kappa shape index (κ2) is 6.52. The lowest BCUT2D eigenvalue weighted by atomic mass is 10.0. The lowest BCUT2D eigenvalue weighted by molar-refractivity contribution is -0.117. The maximum Gasteiger partial charge on any atom is 0.224 e. The Kier molecular flexibility index (Phi) is 4.74.